The summed E-state index contributed by atoms with van der Waals surface area (Å²) in [6, 6.07) is 0.207. The van der Waals surface area contributed by atoms with Crippen molar-refractivity contribution in [3.8, 4) is 0 Å². The van der Waals surface area contributed by atoms with Gasteiger partial charge in [-0.25, -0.2) is 4.98 Å². The average Bonchev–Trinajstić information content (AvgIpc) is 2.13. The van der Waals surface area contributed by atoms with Gasteiger partial charge in [0.2, 0.25) is 0 Å². The smallest absolute Gasteiger partial charge is 0.267 e. The van der Waals surface area contributed by atoms with Crippen LogP contribution >= 0.6 is 15.9 Å². The van der Waals surface area contributed by atoms with E-state index in [-0.39, 0.29) is 11.6 Å². The van der Waals surface area contributed by atoms with E-state index >= 15 is 0 Å². The Balaban J connectivity index is 2.81. The molecule has 14 heavy (non-hydrogen) atoms. The molecular formula is C9H12BrN3O. The minimum absolute atomic E-state index is 0.187. The van der Waals surface area contributed by atoms with E-state index in [1.54, 1.807) is 0 Å². The molecule has 1 atom stereocenters. The Labute approximate surface area is 90.6 Å². The first-order valence-electron chi connectivity index (χ1n) is 4.25. The fourth-order valence-electron chi connectivity index (χ4n) is 1.03. The van der Waals surface area contributed by atoms with E-state index in [9.17, 15) is 4.79 Å². The van der Waals surface area contributed by atoms with Crippen molar-refractivity contribution in [2.24, 2.45) is 0 Å². The summed E-state index contributed by atoms with van der Waals surface area (Å²) in [5.41, 5.74) is -0.187. The highest BCUT2D eigenvalue weighted by atomic mass is 79.9. The van der Waals surface area contributed by atoms with Crippen LogP contribution in [0.4, 0.5) is 5.82 Å². The van der Waals surface area contributed by atoms with Crippen LogP contribution in [0.25, 0.3) is 0 Å². The van der Waals surface area contributed by atoms with E-state index in [1.165, 1.54) is 6.33 Å². The van der Waals surface area contributed by atoms with Crippen LogP contribution in [0.5, 0.6) is 0 Å². The van der Waals surface area contributed by atoms with Crippen molar-refractivity contribution in [3.63, 3.8) is 0 Å². The number of hydrogen-bond acceptors (Lipinski definition) is 3. The van der Waals surface area contributed by atoms with Crippen molar-refractivity contribution in [1.82, 2.24) is 9.97 Å². The highest BCUT2D eigenvalue weighted by molar-refractivity contribution is 9.10. The molecule has 1 aromatic rings. The molecular weight excluding hydrogens is 246 g/mol. The second-order valence-electron chi connectivity index (χ2n) is 2.96. The average molecular weight is 258 g/mol. The zero-order valence-corrected chi connectivity index (χ0v) is 9.47. The van der Waals surface area contributed by atoms with Gasteiger partial charge in [-0.3, -0.25) is 4.79 Å². The van der Waals surface area contributed by atoms with Crippen molar-refractivity contribution in [2.75, 3.05) is 5.32 Å². The Morgan fingerprint density at radius 3 is 3.21 bits per heavy atom. The highest BCUT2D eigenvalue weighted by Crippen LogP contribution is 2.14. The summed E-state index contributed by atoms with van der Waals surface area (Å²) in [6.07, 6.45) is 4.01. The summed E-state index contributed by atoms with van der Waals surface area (Å²) in [5.74, 6) is 0.558. The molecule has 0 saturated carbocycles. The van der Waals surface area contributed by atoms with Gasteiger partial charge in [-0.2, -0.15) is 0 Å². The number of anilines is 1. The number of H-pyrrole nitrogens is 1. The molecule has 0 radical (unpaired) electrons. The quantitative estimate of drug-likeness (QED) is 0.811. The molecule has 76 valence electrons. The van der Waals surface area contributed by atoms with E-state index in [2.05, 4.69) is 37.8 Å². The Bertz CT molecular complexity index is 375. The molecule has 0 saturated heterocycles. The van der Waals surface area contributed by atoms with E-state index in [1.807, 2.05) is 13.0 Å². The maximum absolute atomic E-state index is 11.2. The van der Waals surface area contributed by atoms with Gasteiger partial charge in [0.15, 0.2) is 0 Å². The molecule has 0 spiro atoms. The molecule has 0 bridgehead atoms. The lowest BCUT2D eigenvalue weighted by Gasteiger charge is -2.12. The van der Waals surface area contributed by atoms with Gasteiger partial charge in [0.05, 0.1) is 6.33 Å². The third-order valence-corrected chi connectivity index (χ3v) is 2.44. The molecule has 0 aliphatic carbocycles. The molecule has 1 rings (SSSR count). The molecule has 4 nitrogen and oxygen atoms in total. The zero-order chi connectivity index (χ0) is 10.6. The minimum Gasteiger partial charge on any atom is -0.366 e. The van der Waals surface area contributed by atoms with Crippen LogP contribution < -0.4 is 10.9 Å². The van der Waals surface area contributed by atoms with Crippen LogP contribution in [-0.4, -0.2) is 16.0 Å². The van der Waals surface area contributed by atoms with Gasteiger partial charge in [-0.15, -0.1) is 6.58 Å². The standard InChI is InChI=1S/C9H12BrN3O/c1-3-4-6(2)13-8-7(10)9(14)12-5-11-8/h3,5-6H,1,4H2,2H3,(H2,11,12,13,14). The molecule has 0 fully saturated rings. The number of nitrogens with one attached hydrogen (secondary N) is 2. The van der Waals surface area contributed by atoms with Gasteiger partial charge in [0, 0.05) is 6.04 Å². The number of aromatic nitrogens is 2. The van der Waals surface area contributed by atoms with Crippen molar-refractivity contribution in [3.05, 3.63) is 33.8 Å². The largest absolute Gasteiger partial charge is 0.366 e. The summed E-state index contributed by atoms with van der Waals surface area (Å²) in [5, 5.41) is 3.10. The Morgan fingerprint density at radius 2 is 2.57 bits per heavy atom. The lowest BCUT2D eigenvalue weighted by atomic mass is 10.2. The molecule has 1 aromatic heterocycles. The number of halogens is 1. The van der Waals surface area contributed by atoms with Crippen molar-refractivity contribution in [1.29, 1.82) is 0 Å². The van der Waals surface area contributed by atoms with E-state index < -0.39 is 0 Å². The Morgan fingerprint density at radius 1 is 1.86 bits per heavy atom. The van der Waals surface area contributed by atoms with Crippen LogP contribution in [0, 0.1) is 0 Å². The molecule has 1 heterocycles. The monoisotopic (exact) mass is 257 g/mol. The first-order chi connectivity index (χ1) is 6.65. The molecule has 0 aliphatic heterocycles. The third-order valence-electron chi connectivity index (χ3n) is 1.70. The Kier molecular flexibility index (Phi) is 3.88. The highest BCUT2D eigenvalue weighted by Gasteiger charge is 2.07. The van der Waals surface area contributed by atoms with Crippen LogP contribution in [0.3, 0.4) is 0 Å². The summed E-state index contributed by atoms with van der Waals surface area (Å²) in [7, 11) is 0. The second kappa shape index (κ2) is 4.95. The van der Waals surface area contributed by atoms with Gasteiger partial charge in [0.25, 0.3) is 5.56 Å². The summed E-state index contributed by atoms with van der Waals surface area (Å²) < 4.78 is 0.427. The Hall–Kier alpha value is -1.10. The summed E-state index contributed by atoms with van der Waals surface area (Å²) in [4.78, 5) is 17.7. The maximum Gasteiger partial charge on any atom is 0.267 e. The zero-order valence-electron chi connectivity index (χ0n) is 7.88. The number of aromatic amines is 1. The predicted molar refractivity (Wildman–Crippen MR) is 60.5 cm³/mol. The van der Waals surface area contributed by atoms with E-state index in [0.29, 0.717) is 10.3 Å². The van der Waals surface area contributed by atoms with E-state index in [0.717, 1.165) is 6.42 Å². The summed E-state index contributed by atoms with van der Waals surface area (Å²) >= 11 is 3.17. The van der Waals surface area contributed by atoms with Crippen LogP contribution in [0.2, 0.25) is 0 Å². The topological polar surface area (TPSA) is 57.8 Å². The third kappa shape index (κ3) is 2.70. The van der Waals surface area contributed by atoms with Gasteiger partial charge in [-0.1, -0.05) is 6.08 Å². The number of rotatable bonds is 4. The number of hydrogen-bond donors (Lipinski definition) is 2. The predicted octanol–water partition coefficient (Wildman–Crippen LogP) is 1.91. The lowest BCUT2D eigenvalue weighted by Crippen LogP contribution is -2.18. The fraction of sp³-hybridized carbons (Fsp3) is 0.333. The van der Waals surface area contributed by atoms with Crippen molar-refractivity contribution in [2.45, 2.75) is 19.4 Å². The van der Waals surface area contributed by atoms with Gasteiger partial charge >= 0.3 is 0 Å². The van der Waals surface area contributed by atoms with Crippen LogP contribution in [0.1, 0.15) is 13.3 Å². The fourth-order valence-corrected chi connectivity index (χ4v) is 1.36. The van der Waals surface area contributed by atoms with Gasteiger partial charge in [0.1, 0.15) is 10.3 Å². The first-order valence-corrected chi connectivity index (χ1v) is 5.05. The molecule has 0 aromatic carbocycles. The molecule has 1 unspecified atom stereocenters. The van der Waals surface area contributed by atoms with Crippen LogP contribution in [-0.2, 0) is 0 Å². The second-order valence-corrected chi connectivity index (χ2v) is 3.76. The van der Waals surface area contributed by atoms with E-state index in [4.69, 9.17) is 0 Å². The van der Waals surface area contributed by atoms with Crippen molar-refractivity contribution >= 4 is 21.7 Å². The van der Waals surface area contributed by atoms with Gasteiger partial charge in [-0.05, 0) is 29.3 Å². The normalized spacial score (nSPS) is 12.1. The first kappa shape index (κ1) is 11.0. The molecule has 5 heteroatoms. The van der Waals surface area contributed by atoms with Gasteiger partial charge < -0.3 is 10.3 Å². The van der Waals surface area contributed by atoms with Crippen molar-refractivity contribution < 1.29 is 0 Å². The molecule has 2 N–H and O–H groups in total. The molecule has 0 aliphatic rings. The van der Waals surface area contributed by atoms with Crippen LogP contribution in [0.15, 0.2) is 28.2 Å². The maximum atomic E-state index is 11.2. The SMILES string of the molecule is C=CCC(C)Nc1nc[nH]c(=O)c1Br. The molecule has 0 amide bonds. The summed E-state index contributed by atoms with van der Waals surface area (Å²) in [6.45, 7) is 5.64. The number of nitrogens with zero attached hydrogens (tertiary/aromatic N) is 1. The lowest BCUT2D eigenvalue weighted by molar-refractivity contribution is 0.803. The minimum atomic E-state index is -0.187.